The fourth-order valence-electron chi connectivity index (χ4n) is 1.61. The summed E-state index contributed by atoms with van der Waals surface area (Å²) in [5, 5.41) is 0. The van der Waals surface area contributed by atoms with Crippen LogP contribution in [0.25, 0.3) is 6.08 Å². The van der Waals surface area contributed by atoms with E-state index in [-0.39, 0.29) is 12.0 Å². The van der Waals surface area contributed by atoms with Crippen LogP contribution in [0.15, 0.2) is 29.2 Å². The Morgan fingerprint density at radius 3 is 2.42 bits per heavy atom. The molecule has 0 radical (unpaired) electrons. The SMILES string of the molecule is CC(C)Oc1ccc(/C=C2/SC(=S)N(C)C2=O)cc1. The summed E-state index contributed by atoms with van der Waals surface area (Å²) in [6, 6.07) is 7.66. The quantitative estimate of drug-likeness (QED) is 0.632. The van der Waals surface area contributed by atoms with Gasteiger partial charge in [-0.15, -0.1) is 0 Å². The fourth-order valence-corrected chi connectivity index (χ4v) is 2.79. The summed E-state index contributed by atoms with van der Waals surface area (Å²) in [4.78, 5) is 14.0. The molecular weight excluding hydrogens is 278 g/mol. The van der Waals surface area contributed by atoms with Gasteiger partial charge in [0.2, 0.25) is 0 Å². The zero-order valence-electron chi connectivity index (χ0n) is 11.0. The van der Waals surface area contributed by atoms with E-state index in [1.807, 2.05) is 44.2 Å². The van der Waals surface area contributed by atoms with Gasteiger partial charge >= 0.3 is 0 Å². The standard InChI is InChI=1S/C14H15NO2S2/c1-9(2)17-11-6-4-10(5-7-11)8-12-13(16)15(3)14(18)19-12/h4-9H,1-3H3/b12-8+. The molecule has 0 bridgehead atoms. The number of benzene rings is 1. The van der Waals surface area contributed by atoms with Crippen LogP contribution >= 0.6 is 24.0 Å². The van der Waals surface area contributed by atoms with Gasteiger partial charge in [0, 0.05) is 7.05 Å². The molecule has 19 heavy (non-hydrogen) atoms. The highest BCUT2D eigenvalue weighted by Crippen LogP contribution is 2.31. The molecule has 5 heteroatoms. The van der Waals surface area contributed by atoms with Gasteiger partial charge in [-0.05, 0) is 37.6 Å². The lowest BCUT2D eigenvalue weighted by molar-refractivity contribution is -0.121. The van der Waals surface area contributed by atoms with Crippen LogP contribution in [0.5, 0.6) is 5.75 Å². The molecule has 1 aliphatic heterocycles. The number of rotatable bonds is 3. The van der Waals surface area contributed by atoms with Crippen molar-refractivity contribution in [2.75, 3.05) is 7.05 Å². The van der Waals surface area contributed by atoms with E-state index in [2.05, 4.69) is 0 Å². The van der Waals surface area contributed by atoms with Crippen LogP contribution in [-0.4, -0.2) is 28.3 Å². The molecule has 3 nitrogen and oxygen atoms in total. The van der Waals surface area contributed by atoms with Crippen molar-refractivity contribution < 1.29 is 9.53 Å². The highest BCUT2D eigenvalue weighted by molar-refractivity contribution is 8.26. The molecule has 1 fully saturated rings. The van der Waals surface area contributed by atoms with Crippen LogP contribution < -0.4 is 4.74 Å². The first-order valence-corrected chi connectivity index (χ1v) is 7.18. The molecular formula is C14H15NO2S2. The Hall–Kier alpha value is -1.33. The number of hydrogen-bond acceptors (Lipinski definition) is 4. The average Bonchev–Trinajstić information content (AvgIpc) is 2.59. The van der Waals surface area contributed by atoms with Crippen molar-refractivity contribution in [3.8, 4) is 5.75 Å². The first-order valence-electron chi connectivity index (χ1n) is 5.95. The topological polar surface area (TPSA) is 29.5 Å². The summed E-state index contributed by atoms with van der Waals surface area (Å²) in [5.74, 6) is 0.785. The van der Waals surface area contributed by atoms with Crippen molar-refractivity contribution in [1.29, 1.82) is 0 Å². The predicted octanol–water partition coefficient (Wildman–Crippen LogP) is 3.30. The number of amides is 1. The zero-order chi connectivity index (χ0) is 14.0. The van der Waals surface area contributed by atoms with Gasteiger partial charge in [-0.25, -0.2) is 0 Å². The maximum absolute atomic E-state index is 11.9. The molecule has 2 rings (SSSR count). The van der Waals surface area contributed by atoms with Crippen molar-refractivity contribution in [2.24, 2.45) is 0 Å². The maximum Gasteiger partial charge on any atom is 0.265 e. The lowest BCUT2D eigenvalue weighted by atomic mass is 10.2. The third-order valence-electron chi connectivity index (χ3n) is 2.54. The van der Waals surface area contributed by atoms with E-state index >= 15 is 0 Å². The van der Waals surface area contributed by atoms with Crippen LogP contribution in [0.1, 0.15) is 19.4 Å². The van der Waals surface area contributed by atoms with E-state index in [0.29, 0.717) is 9.23 Å². The Bertz CT molecular complexity index is 535. The van der Waals surface area contributed by atoms with E-state index in [1.54, 1.807) is 7.05 Å². The maximum atomic E-state index is 11.9. The smallest absolute Gasteiger partial charge is 0.265 e. The molecule has 0 aromatic heterocycles. The highest BCUT2D eigenvalue weighted by atomic mass is 32.2. The minimum Gasteiger partial charge on any atom is -0.491 e. The van der Waals surface area contributed by atoms with Gasteiger partial charge in [0.1, 0.15) is 10.1 Å². The van der Waals surface area contributed by atoms with Crippen LogP contribution in [0, 0.1) is 0 Å². The first kappa shape index (κ1) is 14.1. The number of carbonyl (C=O) groups is 1. The third kappa shape index (κ3) is 3.36. The number of ether oxygens (including phenoxy) is 1. The van der Waals surface area contributed by atoms with Crippen molar-refractivity contribution in [2.45, 2.75) is 20.0 Å². The Balaban J connectivity index is 2.16. The lowest BCUT2D eigenvalue weighted by Gasteiger charge is -2.09. The van der Waals surface area contributed by atoms with Crippen LogP contribution in [0.2, 0.25) is 0 Å². The van der Waals surface area contributed by atoms with Crippen molar-refractivity contribution >= 4 is 40.3 Å². The van der Waals surface area contributed by atoms with Gasteiger partial charge in [0.25, 0.3) is 5.91 Å². The Morgan fingerprint density at radius 2 is 1.95 bits per heavy atom. The Morgan fingerprint density at radius 1 is 1.32 bits per heavy atom. The molecule has 0 saturated carbocycles. The molecule has 0 spiro atoms. The minimum atomic E-state index is -0.0440. The molecule has 0 aliphatic carbocycles. The zero-order valence-corrected chi connectivity index (χ0v) is 12.7. The van der Waals surface area contributed by atoms with E-state index in [1.165, 1.54) is 16.7 Å². The number of carbonyl (C=O) groups excluding carboxylic acids is 1. The number of thiocarbonyl (C=S) groups is 1. The molecule has 1 aromatic rings. The summed E-state index contributed by atoms with van der Waals surface area (Å²) >= 11 is 6.42. The predicted molar refractivity (Wildman–Crippen MR) is 83.1 cm³/mol. The number of hydrogen-bond donors (Lipinski definition) is 0. The van der Waals surface area contributed by atoms with E-state index in [0.717, 1.165) is 11.3 Å². The van der Waals surface area contributed by atoms with Gasteiger partial charge in [-0.3, -0.25) is 9.69 Å². The molecule has 1 amide bonds. The Labute approximate surface area is 122 Å². The monoisotopic (exact) mass is 293 g/mol. The lowest BCUT2D eigenvalue weighted by Crippen LogP contribution is -2.22. The highest BCUT2D eigenvalue weighted by Gasteiger charge is 2.28. The number of thioether (sulfide) groups is 1. The molecule has 1 saturated heterocycles. The van der Waals surface area contributed by atoms with Gasteiger partial charge in [0.15, 0.2) is 0 Å². The first-order chi connectivity index (χ1) is 8.97. The molecule has 1 aromatic carbocycles. The number of nitrogens with zero attached hydrogens (tertiary/aromatic N) is 1. The van der Waals surface area contributed by atoms with Crippen LogP contribution in [0.3, 0.4) is 0 Å². The van der Waals surface area contributed by atoms with Gasteiger partial charge in [-0.1, -0.05) is 36.1 Å². The fraction of sp³-hybridized carbons (Fsp3) is 0.286. The summed E-state index contributed by atoms with van der Waals surface area (Å²) in [5.41, 5.74) is 0.963. The summed E-state index contributed by atoms with van der Waals surface area (Å²) in [6.45, 7) is 3.97. The van der Waals surface area contributed by atoms with E-state index in [9.17, 15) is 4.79 Å². The second-order valence-electron chi connectivity index (χ2n) is 4.48. The van der Waals surface area contributed by atoms with Crippen LogP contribution in [0.4, 0.5) is 0 Å². The second-order valence-corrected chi connectivity index (χ2v) is 6.15. The average molecular weight is 293 g/mol. The molecule has 0 unspecified atom stereocenters. The minimum absolute atomic E-state index is 0.0440. The molecule has 0 N–H and O–H groups in total. The molecule has 0 atom stereocenters. The van der Waals surface area contributed by atoms with Crippen molar-refractivity contribution in [3.05, 3.63) is 34.7 Å². The Kier molecular flexibility index (Phi) is 4.27. The van der Waals surface area contributed by atoms with Gasteiger partial charge < -0.3 is 4.74 Å². The molecule has 1 aliphatic rings. The third-order valence-corrected chi connectivity index (χ3v) is 4.02. The normalized spacial score (nSPS) is 17.7. The van der Waals surface area contributed by atoms with Gasteiger partial charge in [0.05, 0.1) is 11.0 Å². The van der Waals surface area contributed by atoms with E-state index < -0.39 is 0 Å². The summed E-state index contributed by atoms with van der Waals surface area (Å²) < 4.78 is 6.17. The summed E-state index contributed by atoms with van der Waals surface area (Å²) in [6.07, 6.45) is 2.00. The number of likely N-dealkylation sites (N-methyl/N-ethyl adjacent to an activating group) is 1. The van der Waals surface area contributed by atoms with Crippen molar-refractivity contribution in [1.82, 2.24) is 4.90 Å². The van der Waals surface area contributed by atoms with Crippen molar-refractivity contribution in [3.63, 3.8) is 0 Å². The molecule has 1 heterocycles. The molecule has 100 valence electrons. The van der Waals surface area contributed by atoms with Crippen LogP contribution in [-0.2, 0) is 4.79 Å². The second kappa shape index (κ2) is 5.75. The van der Waals surface area contributed by atoms with Gasteiger partial charge in [-0.2, -0.15) is 0 Å². The largest absolute Gasteiger partial charge is 0.491 e. The summed E-state index contributed by atoms with van der Waals surface area (Å²) in [7, 11) is 1.69. The van der Waals surface area contributed by atoms with E-state index in [4.69, 9.17) is 17.0 Å².